The second-order valence-electron chi connectivity index (χ2n) is 4.80. The molecule has 6 heteroatoms. The van der Waals surface area contributed by atoms with Crippen molar-refractivity contribution in [1.29, 1.82) is 0 Å². The van der Waals surface area contributed by atoms with E-state index in [0.29, 0.717) is 12.3 Å². The average molecular weight is 263 g/mol. The number of hydrogen-bond donors (Lipinski definition) is 2. The molecule has 0 saturated heterocycles. The molecule has 0 spiro atoms. The molecule has 0 aromatic carbocycles. The van der Waals surface area contributed by atoms with Crippen LogP contribution in [0.15, 0.2) is 0 Å². The van der Waals surface area contributed by atoms with Gasteiger partial charge in [0.25, 0.3) is 0 Å². The van der Waals surface area contributed by atoms with E-state index in [1.807, 2.05) is 0 Å². The number of methoxy groups -OCH3 is 1. The minimum absolute atomic E-state index is 0.428. The van der Waals surface area contributed by atoms with Crippen molar-refractivity contribution in [1.82, 2.24) is 0 Å². The molecule has 1 fully saturated rings. The summed E-state index contributed by atoms with van der Waals surface area (Å²) in [6.45, 7) is 0. The Balaban J connectivity index is 2.46. The van der Waals surface area contributed by atoms with Crippen molar-refractivity contribution < 1.29 is 19.0 Å². The van der Waals surface area contributed by atoms with E-state index in [-0.39, 0.29) is 0 Å². The number of ether oxygens (including phenoxy) is 1. The third kappa shape index (κ3) is 4.78. The third-order valence-corrected chi connectivity index (χ3v) is 5.36. The van der Waals surface area contributed by atoms with Crippen molar-refractivity contribution in [3.63, 3.8) is 0 Å². The Bertz CT molecular complexity index is 302. The molecule has 1 saturated carbocycles. The van der Waals surface area contributed by atoms with Crippen molar-refractivity contribution in [3.05, 3.63) is 0 Å². The molecule has 1 aliphatic rings. The molecule has 0 bridgehead atoms. The van der Waals surface area contributed by atoms with Crippen LogP contribution in [0.2, 0.25) is 0 Å². The van der Waals surface area contributed by atoms with E-state index in [9.17, 15) is 14.3 Å². The monoisotopic (exact) mass is 263 g/mol. The fraction of sp³-hybridized carbons (Fsp3) is 0.909. The van der Waals surface area contributed by atoms with Crippen LogP contribution in [0.1, 0.15) is 38.5 Å². The first-order valence-corrected chi connectivity index (χ1v) is 8.01. The fourth-order valence-corrected chi connectivity index (χ4v) is 3.66. The van der Waals surface area contributed by atoms with E-state index in [2.05, 4.69) is 4.74 Å². The maximum atomic E-state index is 11.9. The van der Waals surface area contributed by atoms with Gasteiger partial charge in [-0.1, -0.05) is 32.1 Å². The normalized spacial score (nSPS) is 22.8. The van der Waals surface area contributed by atoms with Gasteiger partial charge in [0.15, 0.2) is 0 Å². The molecule has 1 aliphatic carbocycles. The molecule has 17 heavy (non-hydrogen) atoms. The van der Waals surface area contributed by atoms with Crippen molar-refractivity contribution in [2.75, 3.05) is 13.3 Å². The standard InChI is InChI=1S/C11H22NO4P/c1-16-11(13)8-17(14,15)10(12)7-9-5-3-2-4-6-9/h9-10H,2-8,12H2,1H3,(H,14,15). The summed E-state index contributed by atoms with van der Waals surface area (Å²) >= 11 is 0. The molecule has 1 rings (SSSR count). The van der Waals surface area contributed by atoms with Crippen molar-refractivity contribution in [3.8, 4) is 0 Å². The smallest absolute Gasteiger partial charge is 0.315 e. The van der Waals surface area contributed by atoms with Crippen molar-refractivity contribution in [2.45, 2.75) is 44.3 Å². The minimum atomic E-state index is -3.62. The second kappa shape index (κ2) is 6.53. The Morgan fingerprint density at radius 3 is 2.59 bits per heavy atom. The third-order valence-electron chi connectivity index (χ3n) is 3.40. The zero-order valence-electron chi connectivity index (χ0n) is 10.3. The molecule has 0 amide bonds. The maximum Gasteiger partial charge on any atom is 0.315 e. The first kappa shape index (κ1) is 14.7. The van der Waals surface area contributed by atoms with Crippen molar-refractivity contribution in [2.24, 2.45) is 11.7 Å². The Morgan fingerprint density at radius 2 is 2.06 bits per heavy atom. The molecule has 0 aliphatic heterocycles. The number of carbonyl (C=O) groups excluding carboxylic acids is 1. The highest BCUT2D eigenvalue weighted by Crippen LogP contribution is 2.47. The highest BCUT2D eigenvalue weighted by Gasteiger charge is 2.33. The van der Waals surface area contributed by atoms with Crippen LogP contribution in [-0.2, 0) is 14.1 Å². The van der Waals surface area contributed by atoms with Gasteiger partial charge in [-0.05, 0) is 12.3 Å². The number of nitrogens with two attached hydrogens (primary N) is 1. The lowest BCUT2D eigenvalue weighted by atomic mass is 9.87. The van der Waals surface area contributed by atoms with Gasteiger partial charge in [-0.15, -0.1) is 0 Å². The molecule has 2 unspecified atom stereocenters. The Morgan fingerprint density at radius 1 is 1.47 bits per heavy atom. The van der Waals surface area contributed by atoms with E-state index in [1.54, 1.807) is 0 Å². The molecule has 0 aromatic heterocycles. The van der Waals surface area contributed by atoms with Crippen molar-refractivity contribution >= 4 is 13.3 Å². The molecular weight excluding hydrogens is 241 g/mol. The van der Waals surface area contributed by atoms with Crippen LogP contribution < -0.4 is 5.73 Å². The van der Waals surface area contributed by atoms with Gasteiger partial charge < -0.3 is 15.4 Å². The van der Waals surface area contributed by atoms with Gasteiger partial charge in [0.2, 0.25) is 7.37 Å². The van der Waals surface area contributed by atoms with Crippen LogP contribution in [0.4, 0.5) is 0 Å². The zero-order chi connectivity index (χ0) is 12.9. The summed E-state index contributed by atoms with van der Waals surface area (Å²) in [5, 5.41) is 0. The summed E-state index contributed by atoms with van der Waals surface area (Å²) in [5.74, 6) is -1.04. The summed E-state index contributed by atoms with van der Waals surface area (Å²) in [7, 11) is -2.42. The van der Waals surface area contributed by atoms with Crippen LogP contribution >= 0.6 is 7.37 Å². The van der Waals surface area contributed by atoms with E-state index < -0.39 is 25.3 Å². The lowest BCUT2D eigenvalue weighted by Gasteiger charge is -2.26. The molecule has 3 N–H and O–H groups in total. The van der Waals surface area contributed by atoms with Gasteiger partial charge in [-0.25, -0.2) is 0 Å². The summed E-state index contributed by atoms with van der Waals surface area (Å²) in [5.41, 5.74) is 5.76. The van der Waals surface area contributed by atoms with Crippen LogP contribution in [-0.4, -0.2) is 29.9 Å². The van der Waals surface area contributed by atoms with Gasteiger partial charge in [0.05, 0.1) is 12.9 Å². The quantitative estimate of drug-likeness (QED) is 0.582. The number of rotatable bonds is 5. The van der Waals surface area contributed by atoms with Crippen LogP contribution in [0.3, 0.4) is 0 Å². The predicted molar refractivity (Wildman–Crippen MR) is 65.9 cm³/mol. The molecule has 0 aromatic rings. The van der Waals surface area contributed by atoms with Crippen LogP contribution in [0.5, 0.6) is 0 Å². The Labute approximate surface area is 102 Å². The van der Waals surface area contributed by atoms with Gasteiger partial charge in [-0.3, -0.25) is 9.36 Å². The molecule has 100 valence electrons. The first-order chi connectivity index (χ1) is 7.95. The number of hydrogen-bond acceptors (Lipinski definition) is 4. The largest absolute Gasteiger partial charge is 0.469 e. The van der Waals surface area contributed by atoms with Gasteiger partial charge in [0.1, 0.15) is 6.16 Å². The average Bonchev–Trinajstić information content (AvgIpc) is 2.29. The molecule has 0 radical (unpaired) electrons. The topological polar surface area (TPSA) is 89.6 Å². The highest BCUT2D eigenvalue weighted by molar-refractivity contribution is 7.59. The van der Waals surface area contributed by atoms with E-state index in [4.69, 9.17) is 5.73 Å². The molecule has 0 heterocycles. The molecule has 5 nitrogen and oxygen atoms in total. The van der Waals surface area contributed by atoms with Gasteiger partial charge >= 0.3 is 5.97 Å². The molecule has 2 atom stereocenters. The zero-order valence-corrected chi connectivity index (χ0v) is 11.2. The van der Waals surface area contributed by atoms with E-state index in [0.717, 1.165) is 12.8 Å². The summed E-state index contributed by atoms with van der Waals surface area (Å²) < 4.78 is 16.3. The predicted octanol–water partition coefficient (Wildman–Crippen LogP) is 1.68. The maximum absolute atomic E-state index is 11.9. The molecular formula is C11H22NO4P. The minimum Gasteiger partial charge on any atom is -0.469 e. The second-order valence-corrected chi connectivity index (χ2v) is 7.29. The lowest BCUT2D eigenvalue weighted by Crippen LogP contribution is -2.27. The van der Waals surface area contributed by atoms with Crippen LogP contribution in [0, 0.1) is 5.92 Å². The first-order valence-electron chi connectivity index (χ1n) is 6.09. The van der Waals surface area contributed by atoms with Gasteiger partial charge in [0, 0.05) is 0 Å². The summed E-state index contributed by atoms with van der Waals surface area (Å²) in [6, 6.07) is 0. The Kier molecular flexibility index (Phi) is 5.63. The van der Waals surface area contributed by atoms with E-state index >= 15 is 0 Å². The van der Waals surface area contributed by atoms with Gasteiger partial charge in [-0.2, -0.15) is 0 Å². The SMILES string of the molecule is COC(=O)CP(=O)(O)C(N)CC1CCCCC1. The fourth-order valence-electron chi connectivity index (χ4n) is 2.30. The van der Waals surface area contributed by atoms with Crippen LogP contribution in [0.25, 0.3) is 0 Å². The lowest BCUT2D eigenvalue weighted by molar-refractivity contribution is -0.137. The number of carbonyl (C=O) groups is 1. The van der Waals surface area contributed by atoms with E-state index in [1.165, 1.54) is 26.4 Å². The number of esters is 1. The summed E-state index contributed by atoms with van der Waals surface area (Å²) in [6.07, 6.45) is 5.79. The highest BCUT2D eigenvalue weighted by atomic mass is 31.2. The summed E-state index contributed by atoms with van der Waals surface area (Å²) in [4.78, 5) is 20.8. The Hall–Kier alpha value is -0.380.